The van der Waals surface area contributed by atoms with Crippen molar-refractivity contribution in [1.82, 2.24) is 5.32 Å². The average molecular weight is 157 g/mol. The molecule has 0 radical (unpaired) electrons. The van der Waals surface area contributed by atoms with Gasteiger partial charge in [0.25, 0.3) is 0 Å². The van der Waals surface area contributed by atoms with Crippen LogP contribution >= 0.6 is 0 Å². The van der Waals surface area contributed by atoms with Crippen molar-refractivity contribution in [3.63, 3.8) is 0 Å². The molecule has 1 aliphatic heterocycles. The predicted octanol–water partition coefficient (Wildman–Crippen LogP) is 2.19. The Morgan fingerprint density at radius 1 is 1.08 bits per heavy atom. The molecule has 1 aromatic rings. The van der Waals surface area contributed by atoms with Crippen molar-refractivity contribution in [1.29, 1.82) is 0 Å². The summed E-state index contributed by atoms with van der Waals surface area (Å²) in [6.07, 6.45) is 6.14. The second-order valence-corrected chi connectivity index (χ2v) is 2.80. The van der Waals surface area contributed by atoms with Crippen LogP contribution in [0.1, 0.15) is 5.56 Å². The first-order chi connectivity index (χ1) is 5.97. The van der Waals surface area contributed by atoms with Gasteiger partial charge in [-0.1, -0.05) is 36.4 Å². The minimum absolute atomic E-state index is 0.931. The van der Waals surface area contributed by atoms with Gasteiger partial charge in [-0.2, -0.15) is 0 Å². The largest absolute Gasteiger partial charge is 0.387 e. The number of benzene rings is 1. The lowest BCUT2D eigenvalue weighted by molar-refractivity contribution is 0.986. The van der Waals surface area contributed by atoms with Crippen molar-refractivity contribution in [2.45, 2.75) is 0 Å². The Morgan fingerprint density at radius 2 is 1.92 bits per heavy atom. The second kappa shape index (κ2) is 3.26. The first-order valence-corrected chi connectivity index (χ1v) is 4.11. The molecule has 0 saturated carbocycles. The molecule has 0 unspecified atom stereocenters. The van der Waals surface area contributed by atoms with Crippen LogP contribution < -0.4 is 5.32 Å². The predicted molar refractivity (Wildman–Crippen MR) is 51.6 cm³/mol. The number of dihydropyridines is 1. The van der Waals surface area contributed by atoms with E-state index in [-0.39, 0.29) is 0 Å². The zero-order valence-corrected chi connectivity index (χ0v) is 6.83. The van der Waals surface area contributed by atoms with E-state index in [1.54, 1.807) is 0 Å². The molecule has 1 heterocycles. The van der Waals surface area contributed by atoms with Gasteiger partial charge in [-0.15, -0.1) is 0 Å². The number of rotatable bonds is 1. The molecule has 1 heteroatoms. The summed E-state index contributed by atoms with van der Waals surface area (Å²) < 4.78 is 0. The SMILES string of the molecule is C1=CNCC(c2ccccc2)=C1. The van der Waals surface area contributed by atoms with Crippen molar-refractivity contribution in [3.05, 3.63) is 54.2 Å². The standard InChI is InChI=1S/C11H11N/c1-2-5-10(6-3-1)11-7-4-8-12-9-11/h1-8,12H,9H2. The molecule has 0 spiro atoms. The topological polar surface area (TPSA) is 12.0 Å². The van der Waals surface area contributed by atoms with Gasteiger partial charge >= 0.3 is 0 Å². The molecule has 0 bridgehead atoms. The van der Waals surface area contributed by atoms with Gasteiger partial charge in [0.2, 0.25) is 0 Å². The number of nitrogens with one attached hydrogen (secondary N) is 1. The Kier molecular flexibility index (Phi) is 1.95. The maximum absolute atomic E-state index is 3.18. The van der Waals surface area contributed by atoms with E-state index in [1.807, 2.05) is 18.3 Å². The van der Waals surface area contributed by atoms with Gasteiger partial charge in [-0.3, -0.25) is 0 Å². The molecule has 60 valence electrons. The molecule has 12 heavy (non-hydrogen) atoms. The van der Waals surface area contributed by atoms with Crippen molar-refractivity contribution in [2.75, 3.05) is 6.54 Å². The fourth-order valence-electron chi connectivity index (χ4n) is 1.31. The van der Waals surface area contributed by atoms with Crippen LogP contribution in [0.3, 0.4) is 0 Å². The van der Waals surface area contributed by atoms with E-state index < -0.39 is 0 Å². The summed E-state index contributed by atoms with van der Waals surface area (Å²) in [6, 6.07) is 10.4. The monoisotopic (exact) mass is 157 g/mol. The van der Waals surface area contributed by atoms with Gasteiger partial charge in [0.05, 0.1) is 0 Å². The van der Waals surface area contributed by atoms with E-state index in [0.717, 1.165) is 6.54 Å². The van der Waals surface area contributed by atoms with Gasteiger partial charge in [0.15, 0.2) is 0 Å². The summed E-state index contributed by atoms with van der Waals surface area (Å²) >= 11 is 0. The highest BCUT2D eigenvalue weighted by Crippen LogP contribution is 2.14. The van der Waals surface area contributed by atoms with E-state index in [4.69, 9.17) is 0 Å². The molecule has 1 nitrogen and oxygen atoms in total. The van der Waals surface area contributed by atoms with Crippen LogP contribution in [-0.2, 0) is 0 Å². The molecule has 2 rings (SSSR count). The molecule has 0 aliphatic carbocycles. The van der Waals surface area contributed by atoms with Gasteiger partial charge in [0, 0.05) is 6.54 Å². The molecule has 1 N–H and O–H groups in total. The average Bonchev–Trinajstić information content (AvgIpc) is 2.21. The number of allylic oxidation sites excluding steroid dienone is 2. The second-order valence-electron chi connectivity index (χ2n) is 2.80. The molecule has 0 amide bonds. The minimum atomic E-state index is 0.931. The van der Waals surface area contributed by atoms with Crippen molar-refractivity contribution < 1.29 is 0 Å². The molecule has 0 atom stereocenters. The summed E-state index contributed by atoms with van der Waals surface area (Å²) in [6.45, 7) is 0.931. The van der Waals surface area contributed by atoms with Gasteiger partial charge in [0.1, 0.15) is 0 Å². The quantitative estimate of drug-likeness (QED) is 0.659. The molecule has 0 fully saturated rings. The normalized spacial score (nSPS) is 15.2. The van der Waals surface area contributed by atoms with Crippen LogP contribution in [0.15, 0.2) is 48.7 Å². The summed E-state index contributed by atoms with van der Waals surface area (Å²) in [5, 5.41) is 3.18. The minimum Gasteiger partial charge on any atom is -0.387 e. The molecular formula is C11H11N. The van der Waals surface area contributed by atoms with Crippen molar-refractivity contribution in [2.24, 2.45) is 0 Å². The number of hydrogen-bond acceptors (Lipinski definition) is 1. The van der Waals surface area contributed by atoms with Gasteiger partial charge in [-0.25, -0.2) is 0 Å². The van der Waals surface area contributed by atoms with E-state index in [2.05, 4.69) is 35.7 Å². The highest BCUT2D eigenvalue weighted by Gasteiger charge is 1.99. The molecule has 0 saturated heterocycles. The Morgan fingerprint density at radius 3 is 2.58 bits per heavy atom. The maximum atomic E-state index is 3.18. The third-order valence-electron chi connectivity index (χ3n) is 1.95. The zero-order valence-electron chi connectivity index (χ0n) is 6.83. The lowest BCUT2D eigenvalue weighted by Crippen LogP contribution is -2.11. The molecule has 1 aromatic carbocycles. The van der Waals surface area contributed by atoms with Crippen LogP contribution in [0.4, 0.5) is 0 Å². The smallest absolute Gasteiger partial charge is 0.0401 e. The van der Waals surface area contributed by atoms with Crippen LogP contribution in [0.5, 0.6) is 0 Å². The Balaban J connectivity index is 2.31. The highest BCUT2D eigenvalue weighted by molar-refractivity contribution is 5.69. The fraction of sp³-hybridized carbons (Fsp3) is 0.0909. The molecule has 1 aliphatic rings. The lowest BCUT2D eigenvalue weighted by atomic mass is 10.0. The first-order valence-electron chi connectivity index (χ1n) is 4.11. The first kappa shape index (κ1) is 7.17. The number of hydrogen-bond donors (Lipinski definition) is 1. The van der Waals surface area contributed by atoms with E-state index in [1.165, 1.54) is 11.1 Å². The van der Waals surface area contributed by atoms with Crippen LogP contribution in [0, 0.1) is 0 Å². The molecule has 0 aromatic heterocycles. The van der Waals surface area contributed by atoms with Gasteiger partial charge < -0.3 is 5.32 Å². The molecular weight excluding hydrogens is 146 g/mol. The third-order valence-corrected chi connectivity index (χ3v) is 1.95. The van der Waals surface area contributed by atoms with Crippen LogP contribution in [0.25, 0.3) is 5.57 Å². The lowest BCUT2D eigenvalue weighted by Gasteiger charge is -2.10. The van der Waals surface area contributed by atoms with Gasteiger partial charge in [-0.05, 0) is 23.4 Å². The Bertz CT molecular complexity index is 309. The Labute approximate surface area is 72.4 Å². The summed E-state index contributed by atoms with van der Waals surface area (Å²) in [5.41, 5.74) is 2.65. The zero-order chi connectivity index (χ0) is 8.23. The maximum Gasteiger partial charge on any atom is 0.0401 e. The van der Waals surface area contributed by atoms with Crippen LogP contribution in [-0.4, -0.2) is 6.54 Å². The van der Waals surface area contributed by atoms with E-state index >= 15 is 0 Å². The summed E-state index contributed by atoms with van der Waals surface area (Å²) in [5.74, 6) is 0. The summed E-state index contributed by atoms with van der Waals surface area (Å²) in [7, 11) is 0. The van der Waals surface area contributed by atoms with E-state index in [9.17, 15) is 0 Å². The fourth-order valence-corrected chi connectivity index (χ4v) is 1.31. The summed E-state index contributed by atoms with van der Waals surface area (Å²) in [4.78, 5) is 0. The highest BCUT2D eigenvalue weighted by atomic mass is 14.8. The van der Waals surface area contributed by atoms with Crippen LogP contribution in [0.2, 0.25) is 0 Å². The Hall–Kier alpha value is -1.50. The third kappa shape index (κ3) is 1.40. The van der Waals surface area contributed by atoms with Crippen molar-refractivity contribution >= 4 is 5.57 Å². The van der Waals surface area contributed by atoms with E-state index in [0.29, 0.717) is 0 Å². The van der Waals surface area contributed by atoms with Crippen molar-refractivity contribution in [3.8, 4) is 0 Å².